The normalized spacial score (nSPS) is 15.9. The first-order chi connectivity index (χ1) is 18.1. The summed E-state index contributed by atoms with van der Waals surface area (Å²) in [4.78, 5) is 23.1. The summed E-state index contributed by atoms with van der Waals surface area (Å²) >= 11 is 0. The zero-order valence-electron chi connectivity index (χ0n) is 21.0. The van der Waals surface area contributed by atoms with Crippen LogP contribution >= 0.6 is 0 Å². The number of morpholine rings is 1. The van der Waals surface area contributed by atoms with Crippen molar-refractivity contribution in [3.63, 3.8) is 0 Å². The molecule has 1 unspecified atom stereocenters. The van der Waals surface area contributed by atoms with Gasteiger partial charge in [-0.1, -0.05) is 36.4 Å². The standard InChI is InChI=1S/C28H34N6O3/c29-27-25-26(22-12-4-5-13-23(22)31-27)34(15-7-6-9-20-19-36-18-16-33(20)28(30)35)24(32-25)14-8-17-37-21-10-2-1-3-11-21/h1-5,10-13,20H,6-9,14-19H2,(H2,29,31)(H2,30,35). The van der Waals surface area contributed by atoms with Gasteiger partial charge in [-0.05, 0) is 43.9 Å². The lowest BCUT2D eigenvalue weighted by Gasteiger charge is -2.34. The van der Waals surface area contributed by atoms with Crippen molar-refractivity contribution >= 4 is 33.8 Å². The fourth-order valence-corrected chi connectivity index (χ4v) is 5.11. The SMILES string of the molecule is NC(=O)N1CCOCC1CCCCn1c(CCCOc2ccccc2)nc2c(N)nc3ccccc3c21. The van der Waals surface area contributed by atoms with Crippen molar-refractivity contribution < 1.29 is 14.3 Å². The van der Waals surface area contributed by atoms with Crippen molar-refractivity contribution in [2.24, 2.45) is 5.73 Å². The van der Waals surface area contributed by atoms with Crippen LogP contribution in [0.15, 0.2) is 54.6 Å². The van der Waals surface area contributed by atoms with Crippen LogP contribution in [0.1, 0.15) is 31.5 Å². The quantitative estimate of drug-likeness (QED) is 0.315. The number of carbonyl (C=O) groups excluding carboxylic acids is 1. The molecule has 1 aliphatic heterocycles. The first-order valence-electron chi connectivity index (χ1n) is 13.0. The maximum Gasteiger partial charge on any atom is 0.315 e. The predicted molar refractivity (Wildman–Crippen MR) is 144 cm³/mol. The number of ether oxygens (including phenoxy) is 2. The van der Waals surface area contributed by atoms with Crippen LogP contribution in [0.2, 0.25) is 0 Å². The zero-order chi connectivity index (χ0) is 25.6. The van der Waals surface area contributed by atoms with Crippen LogP contribution in [0.5, 0.6) is 5.75 Å². The summed E-state index contributed by atoms with van der Waals surface area (Å²) in [5, 5.41) is 1.05. The van der Waals surface area contributed by atoms with Gasteiger partial charge in [0.15, 0.2) is 5.82 Å². The molecule has 37 heavy (non-hydrogen) atoms. The molecule has 4 N–H and O–H groups in total. The molecule has 0 spiro atoms. The molecule has 2 aromatic heterocycles. The lowest BCUT2D eigenvalue weighted by molar-refractivity contribution is 0.0108. The first-order valence-corrected chi connectivity index (χ1v) is 13.0. The number of benzene rings is 2. The Morgan fingerprint density at radius 1 is 1.05 bits per heavy atom. The Labute approximate surface area is 216 Å². The number of hydrogen-bond donors (Lipinski definition) is 2. The van der Waals surface area contributed by atoms with Gasteiger partial charge < -0.3 is 30.4 Å². The molecule has 1 atom stereocenters. The molecule has 2 amide bonds. The van der Waals surface area contributed by atoms with Gasteiger partial charge >= 0.3 is 6.03 Å². The third-order valence-electron chi connectivity index (χ3n) is 6.93. The second-order valence-corrected chi connectivity index (χ2v) is 9.41. The Morgan fingerprint density at radius 2 is 1.86 bits per heavy atom. The first kappa shape index (κ1) is 24.8. The van der Waals surface area contributed by atoms with Gasteiger partial charge in [0, 0.05) is 24.9 Å². The molecule has 1 fully saturated rings. The Kier molecular flexibility index (Phi) is 7.70. The average molecular weight is 503 g/mol. The minimum atomic E-state index is -0.372. The van der Waals surface area contributed by atoms with Crippen molar-refractivity contribution in [3.8, 4) is 5.75 Å². The van der Waals surface area contributed by atoms with Crippen molar-refractivity contribution in [2.45, 2.75) is 44.7 Å². The average Bonchev–Trinajstić information content (AvgIpc) is 3.29. The van der Waals surface area contributed by atoms with E-state index in [0.29, 0.717) is 32.2 Å². The van der Waals surface area contributed by atoms with Crippen molar-refractivity contribution in [3.05, 3.63) is 60.4 Å². The van der Waals surface area contributed by atoms with Crippen LogP contribution < -0.4 is 16.2 Å². The Bertz CT molecular complexity index is 1360. The van der Waals surface area contributed by atoms with E-state index in [-0.39, 0.29) is 12.1 Å². The number of nitrogen functional groups attached to an aromatic ring is 1. The number of urea groups is 1. The zero-order valence-corrected chi connectivity index (χ0v) is 21.0. The third-order valence-corrected chi connectivity index (χ3v) is 6.93. The van der Waals surface area contributed by atoms with Gasteiger partial charge in [-0.3, -0.25) is 0 Å². The summed E-state index contributed by atoms with van der Waals surface area (Å²) in [6.07, 6.45) is 4.31. The number of aryl methyl sites for hydroxylation is 2. The number of para-hydroxylation sites is 2. The molecule has 1 saturated heterocycles. The van der Waals surface area contributed by atoms with E-state index in [2.05, 4.69) is 15.6 Å². The Hall–Kier alpha value is -3.85. The smallest absolute Gasteiger partial charge is 0.315 e. The molecule has 2 aromatic carbocycles. The molecule has 0 saturated carbocycles. The third kappa shape index (κ3) is 5.61. The molecule has 0 aliphatic carbocycles. The number of pyridine rings is 1. The van der Waals surface area contributed by atoms with E-state index in [4.69, 9.17) is 25.9 Å². The Balaban J connectivity index is 1.33. The molecular weight excluding hydrogens is 468 g/mol. The molecule has 1 aliphatic rings. The Morgan fingerprint density at radius 3 is 2.70 bits per heavy atom. The van der Waals surface area contributed by atoms with Crippen LogP contribution in [0.4, 0.5) is 10.6 Å². The number of fused-ring (bicyclic) bond motifs is 3. The number of nitrogens with two attached hydrogens (primary N) is 2. The highest BCUT2D eigenvalue weighted by molar-refractivity contribution is 6.06. The monoisotopic (exact) mass is 502 g/mol. The molecule has 0 bridgehead atoms. The van der Waals surface area contributed by atoms with Gasteiger partial charge in [0.2, 0.25) is 0 Å². The molecule has 194 valence electrons. The minimum absolute atomic E-state index is 0.0288. The van der Waals surface area contributed by atoms with Gasteiger partial charge in [-0.15, -0.1) is 0 Å². The lowest BCUT2D eigenvalue weighted by Crippen LogP contribution is -2.50. The molecule has 9 heteroatoms. The molecule has 3 heterocycles. The number of rotatable bonds is 10. The summed E-state index contributed by atoms with van der Waals surface area (Å²) in [6.45, 7) is 3.03. The van der Waals surface area contributed by atoms with Gasteiger partial charge in [0.05, 0.1) is 36.9 Å². The van der Waals surface area contributed by atoms with E-state index < -0.39 is 0 Å². The maximum absolute atomic E-state index is 11.8. The van der Waals surface area contributed by atoms with E-state index in [9.17, 15) is 4.79 Å². The minimum Gasteiger partial charge on any atom is -0.494 e. The molecule has 5 rings (SSSR count). The van der Waals surface area contributed by atoms with Crippen molar-refractivity contribution in [2.75, 3.05) is 32.1 Å². The van der Waals surface area contributed by atoms with E-state index in [1.165, 1.54) is 0 Å². The van der Waals surface area contributed by atoms with E-state index in [0.717, 1.165) is 72.2 Å². The van der Waals surface area contributed by atoms with Crippen LogP contribution in [0, 0.1) is 0 Å². The van der Waals surface area contributed by atoms with E-state index in [1.807, 2.05) is 48.5 Å². The van der Waals surface area contributed by atoms with Gasteiger partial charge in [-0.2, -0.15) is 0 Å². The number of carbonyl (C=O) groups is 1. The highest BCUT2D eigenvalue weighted by atomic mass is 16.5. The number of imidazole rings is 1. The largest absolute Gasteiger partial charge is 0.494 e. The summed E-state index contributed by atoms with van der Waals surface area (Å²) in [7, 11) is 0. The molecular formula is C28H34N6O3. The van der Waals surface area contributed by atoms with Crippen LogP contribution in [0.25, 0.3) is 21.9 Å². The topological polar surface area (TPSA) is 122 Å². The molecule has 4 aromatic rings. The highest BCUT2D eigenvalue weighted by Gasteiger charge is 2.25. The number of aromatic nitrogens is 3. The number of primary amides is 1. The predicted octanol–water partition coefficient (Wildman–Crippen LogP) is 4.13. The fourth-order valence-electron chi connectivity index (χ4n) is 5.11. The number of anilines is 1. The maximum atomic E-state index is 11.8. The summed E-state index contributed by atoms with van der Waals surface area (Å²) in [5.74, 6) is 2.30. The molecule has 0 radical (unpaired) electrons. The summed E-state index contributed by atoms with van der Waals surface area (Å²) < 4.78 is 13.8. The summed E-state index contributed by atoms with van der Waals surface area (Å²) in [6, 6.07) is 17.6. The second kappa shape index (κ2) is 11.5. The van der Waals surface area contributed by atoms with Crippen LogP contribution in [-0.2, 0) is 17.7 Å². The van der Waals surface area contributed by atoms with Crippen LogP contribution in [-0.4, -0.2) is 57.9 Å². The lowest BCUT2D eigenvalue weighted by atomic mass is 10.1. The van der Waals surface area contributed by atoms with Gasteiger partial charge in [0.25, 0.3) is 0 Å². The second-order valence-electron chi connectivity index (χ2n) is 9.41. The number of unbranched alkanes of at least 4 members (excludes halogenated alkanes) is 1. The molecule has 9 nitrogen and oxygen atoms in total. The number of hydrogen-bond acceptors (Lipinski definition) is 6. The van der Waals surface area contributed by atoms with E-state index in [1.54, 1.807) is 4.90 Å². The van der Waals surface area contributed by atoms with Crippen molar-refractivity contribution in [1.82, 2.24) is 19.4 Å². The van der Waals surface area contributed by atoms with Crippen molar-refractivity contribution in [1.29, 1.82) is 0 Å². The van der Waals surface area contributed by atoms with Gasteiger partial charge in [0.1, 0.15) is 17.1 Å². The van der Waals surface area contributed by atoms with E-state index >= 15 is 0 Å². The number of amides is 2. The van der Waals surface area contributed by atoms with Gasteiger partial charge in [-0.25, -0.2) is 14.8 Å². The summed E-state index contributed by atoms with van der Waals surface area (Å²) in [5.41, 5.74) is 14.6. The number of nitrogens with zero attached hydrogens (tertiary/aromatic N) is 4. The fraction of sp³-hybridized carbons (Fsp3) is 0.393. The highest BCUT2D eigenvalue weighted by Crippen LogP contribution is 2.30. The van der Waals surface area contributed by atoms with Crippen LogP contribution in [0.3, 0.4) is 0 Å².